The molecule has 0 aliphatic carbocycles. The fourth-order valence-corrected chi connectivity index (χ4v) is 1.88. The van der Waals surface area contributed by atoms with Crippen molar-refractivity contribution < 1.29 is 0 Å². The van der Waals surface area contributed by atoms with E-state index in [1.807, 2.05) is 12.1 Å². The maximum absolute atomic E-state index is 5.88. The standard InChI is InChI=1S/C14H24N2/c1-4-12(5-2)9-16-10-13-7-6-8-14(15)11(13)3/h6-8,12,16H,4-5,9-10,15H2,1-3H3. The van der Waals surface area contributed by atoms with Crippen LogP contribution in [0.2, 0.25) is 0 Å². The number of nitrogen functional groups attached to an aromatic ring is 1. The van der Waals surface area contributed by atoms with Crippen LogP contribution < -0.4 is 11.1 Å². The lowest BCUT2D eigenvalue weighted by atomic mass is 10.0. The van der Waals surface area contributed by atoms with Gasteiger partial charge in [-0.25, -0.2) is 0 Å². The molecule has 90 valence electrons. The van der Waals surface area contributed by atoms with Gasteiger partial charge in [0.2, 0.25) is 0 Å². The maximum atomic E-state index is 5.88. The smallest absolute Gasteiger partial charge is 0.0346 e. The molecule has 0 saturated carbocycles. The zero-order chi connectivity index (χ0) is 12.0. The van der Waals surface area contributed by atoms with Crippen LogP contribution in [-0.2, 0) is 6.54 Å². The lowest BCUT2D eigenvalue weighted by Gasteiger charge is -2.14. The molecule has 0 spiro atoms. The summed E-state index contributed by atoms with van der Waals surface area (Å²) in [6.45, 7) is 8.61. The molecule has 0 saturated heterocycles. The van der Waals surface area contributed by atoms with Gasteiger partial charge < -0.3 is 11.1 Å². The average molecular weight is 220 g/mol. The molecule has 0 atom stereocenters. The van der Waals surface area contributed by atoms with Gasteiger partial charge in [-0.1, -0.05) is 38.8 Å². The Morgan fingerprint density at radius 2 is 1.94 bits per heavy atom. The number of hydrogen-bond donors (Lipinski definition) is 2. The number of nitrogens with two attached hydrogens (primary N) is 1. The van der Waals surface area contributed by atoms with E-state index in [-0.39, 0.29) is 0 Å². The van der Waals surface area contributed by atoms with Crippen molar-refractivity contribution in [2.75, 3.05) is 12.3 Å². The fourth-order valence-electron chi connectivity index (χ4n) is 1.88. The van der Waals surface area contributed by atoms with Crippen LogP contribution in [0, 0.1) is 12.8 Å². The Kier molecular flexibility index (Phi) is 5.33. The lowest BCUT2D eigenvalue weighted by Crippen LogP contribution is -2.22. The molecule has 0 aromatic heterocycles. The maximum Gasteiger partial charge on any atom is 0.0346 e. The van der Waals surface area contributed by atoms with Crippen molar-refractivity contribution in [3.05, 3.63) is 29.3 Å². The van der Waals surface area contributed by atoms with Crippen molar-refractivity contribution in [3.63, 3.8) is 0 Å². The molecule has 0 bridgehead atoms. The summed E-state index contributed by atoms with van der Waals surface area (Å²) in [7, 11) is 0. The zero-order valence-electron chi connectivity index (χ0n) is 10.7. The van der Waals surface area contributed by atoms with Crippen LogP contribution in [0.4, 0.5) is 5.69 Å². The van der Waals surface area contributed by atoms with Crippen LogP contribution in [0.5, 0.6) is 0 Å². The first kappa shape index (κ1) is 13.0. The topological polar surface area (TPSA) is 38.0 Å². The molecular formula is C14H24N2. The minimum absolute atomic E-state index is 0.793. The van der Waals surface area contributed by atoms with Gasteiger partial charge in [-0.2, -0.15) is 0 Å². The summed E-state index contributed by atoms with van der Waals surface area (Å²) in [6.07, 6.45) is 2.50. The molecule has 2 heteroatoms. The minimum Gasteiger partial charge on any atom is -0.399 e. The summed E-state index contributed by atoms with van der Waals surface area (Å²) in [6, 6.07) is 6.13. The highest BCUT2D eigenvalue weighted by Gasteiger charge is 2.04. The number of benzene rings is 1. The third-order valence-corrected chi connectivity index (χ3v) is 3.39. The normalized spacial score (nSPS) is 11.0. The molecule has 0 aliphatic rings. The highest BCUT2D eigenvalue weighted by Crippen LogP contribution is 2.15. The van der Waals surface area contributed by atoms with E-state index in [0.717, 1.165) is 24.7 Å². The van der Waals surface area contributed by atoms with Crippen LogP contribution in [0.25, 0.3) is 0 Å². The van der Waals surface area contributed by atoms with Crippen molar-refractivity contribution in [1.82, 2.24) is 5.32 Å². The molecule has 16 heavy (non-hydrogen) atoms. The second-order valence-corrected chi connectivity index (χ2v) is 4.44. The van der Waals surface area contributed by atoms with Gasteiger partial charge >= 0.3 is 0 Å². The Balaban J connectivity index is 2.46. The second-order valence-electron chi connectivity index (χ2n) is 4.44. The molecule has 3 N–H and O–H groups in total. The first-order chi connectivity index (χ1) is 7.69. The van der Waals surface area contributed by atoms with Crippen molar-refractivity contribution in [1.29, 1.82) is 0 Å². The Hall–Kier alpha value is -1.02. The number of rotatable bonds is 6. The van der Waals surface area contributed by atoms with Crippen LogP contribution in [0.15, 0.2) is 18.2 Å². The highest BCUT2D eigenvalue weighted by molar-refractivity contribution is 5.49. The molecule has 2 nitrogen and oxygen atoms in total. The van der Waals surface area contributed by atoms with E-state index in [9.17, 15) is 0 Å². The van der Waals surface area contributed by atoms with E-state index in [2.05, 4.69) is 32.2 Å². The third kappa shape index (κ3) is 3.53. The lowest BCUT2D eigenvalue weighted by molar-refractivity contribution is 0.449. The zero-order valence-corrected chi connectivity index (χ0v) is 10.7. The van der Waals surface area contributed by atoms with E-state index in [0.29, 0.717) is 0 Å². The van der Waals surface area contributed by atoms with Gasteiger partial charge in [0.1, 0.15) is 0 Å². The van der Waals surface area contributed by atoms with Gasteiger partial charge in [-0.05, 0) is 36.6 Å². The minimum atomic E-state index is 0.793. The van der Waals surface area contributed by atoms with Gasteiger partial charge in [0.25, 0.3) is 0 Å². The molecule has 1 rings (SSSR count). The Morgan fingerprint density at radius 1 is 1.25 bits per heavy atom. The Morgan fingerprint density at radius 3 is 2.56 bits per heavy atom. The van der Waals surface area contributed by atoms with E-state index in [1.54, 1.807) is 0 Å². The van der Waals surface area contributed by atoms with Crippen molar-refractivity contribution in [3.8, 4) is 0 Å². The molecule has 0 unspecified atom stereocenters. The molecule has 0 aliphatic heterocycles. The largest absolute Gasteiger partial charge is 0.399 e. The summed E-state index contributed by atoms with van der Waals surface area (Å²) in [5, 5.41) is 3.52. The van der Waals surface area contributed by atoms with E-state index < -0.39 is 0 Å². The fraction of sp³-hybridized carbons (Fsp3) is 0.571. The summed E-state index contributed by atoms with van der Waals surface area (Å²) >= 11 is 0. The Bertz CT molecular complexity index is 317. The molecule has 0 fully saturated rings. The molecule has 0 radical (unpaired) electrons. The number of anilines is 1. The van der Waals surface area contributed by atoms with Crippen molar-refractivity contribution in [2.24, 2.45) is 5.92 Å². The van der Waals surface area contributed by atoms with E-state index in [1.165, 1.54) is 24.0 Å². The molecular weight excluding hydrogens is 196 g/mol. The third-order valence-electron chi connectivity index (χ3n) is 3.39. The highest BCUT2D eigenvalue weighted by atomic mass is 14.9. The van der Waals surface area contributed by atoms with Crippen LogP contribution in [0.3, 0.4) is 0 Å². The van der Waals surface area contributed by atoms with Crippen LogP contribution >= 0.6 is 0 Å². The Labute approximate surface area is 99.2 Å². The first-order valence-electron chi connectivity index (χ1n) is 6.23. The predicted molar refractivity (Wildman–Crippen MR) is 71.4 cm³/mol. The molecule has 0 heterocycles. The summed E-state index contributed by atoms with van der Waals surface area (Å²) in [5.74, 6) is 0.793. The second kappa shape index (κ2) is 6.54. The number of hydrogen-bond acceptors (Lipinski definition) is 2. The van der Waals surface area contributed by atoms with Crippen LogP contribution in [0.1, 0.15) is 37.8 Å². The van der Waals surface area contributed by atoms with E-state index in [4.69, 9.17) is 5.73 Å². The quantitative estimate of drug-likeness (QED) is 0.723. The van der Waals surface area contributed by atoms with Gasteiger partial charge in [-0.3, -0.25) is 0 Å². The SMILES string of the molecule is CCC(CC)CNCc1cccc(N)c1C. The van der Waals surface area contributed by atoms with Crippen LogP contribution in [-0.4, -0.2) is 6.54 Å². The number of nitrogens with one attached hydrogen (secondary N) is 1. The summed E-state index contributed by atoms with van der Waals surface area (Å²) in [5.41, 5.74) is 9.29. The molecule has 1 aromatic carbocycles. The van der Waals surface area contributed by atoms with Gasteiger partial charge in [-0.15, -0.1) is 0 Å². The van der Waals surface area contributed by atoms with E-state index >= 15 is 0 Å². The van der Waals surface area contributed by atoms with Gasteiger partial charge in [0.05, 0.1) is 0 Å². The summed E-state index contributed by atoms with van der Waals surface area (Å²) < 4.78 is 0. The first-order valence-corrected chi connectivity index (χ1v) is 6.23. The van der Waals surface area contributed by atoms with Gasteiger partial charge in [0, 0.05) is 12.2 Å². The predicted octanol–water partition coefficient (Wildman–Crippen LogP) is 3.10. The molecule has 1 aromatic rings. The summed E-state index contributed by atoms with van der Waals surface area (Å²) in [4.78, 5) is 0. The van der Waals surface area contributed by atoms with Crippen molar-refractivity contribution in [2.45, 2.75) is 40.2 Å². The molecule has 0 amide bonds. The van der Waals surface area contributed by atoms with Gasteiger partial charge in [0.15, 0.2) is 0 Å². The average Bonchev–Trinajstić information content (AvgIpc) is 2.30. The van der Waals surface area contributed by atoms with Crippen molar-refractivity contribution >= 4 is 5.69 Å². The monoisotopic (exact) mass is 220 g/mol.